The van der Waals surface area contributed by atoms with E-state index in [-0.39, 0.29) is 20.1 Å². The van der Waals surface area contributed by atoms with Gasteiger partial charge in [-0.1, -0.05) is 18.2 Å². The second kappa shape index (κ2) is 11.5. The monoisotopic (exact) mass is 826 g/mol. The lowest BCUT2D eigenvalue weighted by Crippen LogP contribution is -2.63. The Labute approximate surface area is 365 Å². The Morgan fingerprint density at radius 1 is 0.453 bits per heavy atom. The fourth-order valence-electron chi connectivity index (χ4n) is 10.9. The SMILES string of the molecule is [C-]#[N+]c1ccc2oc3c(c2c1)Oc1cc(C)cc2c1B3c1cc3c(cc1O2)Oc1cc(C)cc2c1B3c1cc3c(cc1O2)Oc1cc(C)cc2c1B3c1oc3ccc(C#N)cc3c1O2. The van der Waals surface area contributed by atoms with Crippen LogP contribution in [0.5, 0.6) is 69.0 Å². The normalized spacial score (nSPS) is 14.2. The molecule has 0 spiro atoms. The molecule has 0 radical (unpaired) electrons. The van der Waals surface area contributed by atoms with Crippen LogP contribution < -0.4 is 78.0 Å². The summed E-state index contributed by atoms with van der Waals surface area (Å²) < 4.78 is 54.1. The Kier molecular flexibility index (Phi) is 6.17. The van der Waals surface area contributed by atoms with E-state index in [9.17, 15) is 5.26 Å². The van der Waals surface area contributed by atoms with Crippen LogP contribution in [-0.4, -0.2) is 20.1 Å². The fraction of sp³-hybridized carbons (Fsp3) is 0.0588. The van der Waals surface area contributed by atoms with Crippen LogP contribution in [0.15, 0.2) is 106 Å². The van der Waals surface area contributed by atoms with Crippen molar-refractivity contribution in [1.82, 2.24) is 0 Å². The van der Waals surface area contributed by atoms with Crippen molar-refractivity contribution in [2.24, 2.45) is 0 Å². The molecule has 2 aromatic heterocycles. The highest BCUT2D eigenvalue weighted by Crippen LogP contribution is 2.45. The maximum absolute atomic E-state index is 9.82. The maximum Gasteiger partial charge on any atom is 0.305 e. The van der Waals surface area contributed by atoms with Crippen LogP contribution in [0.1, 0.15) is 22.3 Å². The van der Waals surface area contributed by atoms with Crippen LogP contribution in [0.4, 0.5) is 5.69 Å². The zero-order chi connectivity index (χ0) is 42.4. The lowest BCUT2D eigenvalue weighted by atomic mass is 9.31. The molecule has 7 aromatic carbocycles. The third kappa shape index (κ3) is 4.30. The Bertz CT molecular complexity index is 3610. The highest BCUT2D eigenvalue weighted by molar-refractivity contribution is 7.02. The van der Waals surface area contributed by atoms with Crippen molar-refractivity contribution in [2.45, 2.75) is 20.8 Å². The average Bonchev–Trinajstić information content (AvgIpc) is 3.84. The van der Waals surface area contributed by atoms with Crippen molar-refractivity contribution in [3.8, 4) is 75.1 Å². The van der Waals surface area contributed by atoms with Gasteiger partial charge in [-0.25, -0.2) is 4.85 Å². The van der Waals surface area contributed by atoms with Gasteiger partial charge < -0.3 is 37.3 Å². The van der Waals surface area contributed by atoms with Gasteiger partial charge in [-0.15, -0.1) is 0 Å². The van der Waals surface area contributed by atoms with Crippen LogP contribution >= 0.6 is 0 Å². The highest BCUT2D eigenvalue weighted by atomic mass is 16.5. The summed E-state index contributed by atoms with van der Waals surface area (Å²) in [5, 5.41) is 11.3. The Hall–Kier alpha value is -8.41. The minimum absolute atomic E-state index is 0.323. The lowest BCUT2D eigenvalue weighted by molar-refractivity contribution is 0.446. The number of fused-ring (bicyclic) bond motifs is 16. The summed E-state index contributed by atoms with van der Waals surface area (Å²) in [4.78, 5) is 3.69. The van der Waals surface area contributed by atoms with E-state index in [1.54, 1.807) is 12.1 Å². The van der Waals surface area contributed by atoms with Gasteiger partial charge in [0.2, 0.25) is 0 Å². The molecule has 0 N–H and O–H groups in total. The second-order valence-electron chi connectivity index (χ2n) is 17.5. The van der Waals surface area contributed by atoms with E-state index in [0.717, 1.165) is 65.7 Å². The van der Waals surface area contributed by atoms with E-state index in [4.69, 9.17) is 43.8 Å². The third-order valence-corrected chi connectivity index (χ3v) is 13.5. The molecule has 0 amide bonds. The van der Waals surface area contributed by atoms with Crippen molar-refractivity contribution in [2.75, 3.05) is 0 Å². The molecule has 296 valence electrons. The molecule has 0 saturated heterocycles. The lowest BCUT2D eigenvalue weighted by Gasteiger charge is -2.37. The molecule has 0 aliphatic carbocycles. The third-order valence-electron chi connectivity index (χ3n) is 13.5. The van der Waals surface area contributed by atoms with Gasteiger partial charge in [-0.3, -0.25) is 0 Å². The Morgan fingerprint density at radius 3 is 1.31 bits per heavy atom. The number of rotatable bonds is 0. The van der Waals surface area contributed by atoms with Crippen LogP contribution in [0, 0.1) is 38.7 Å². The number of hydrogen-bond acceptors (Lipinski definition) is 9. The number of nitriles is 1. The first-order valence-corrected chi connectivity index (χ1v) is 21.0. The van der Waals surface area contributed by atoms with Gasteiger partial charge in [0.1, 0.15) is 80.0 Å². The van der Waals surface area contributed by atoms with Gasteiger partial charge in [0.15, 0.2) is 17.2 Å². The summed E-state index contributed by atoms with van der Waals surface area (Å²) in [5.74, 6) is 8.03. The van der Waals surface area contributed by atoms with E-state index in [0.29, 0.717) is 103 Å². The molecule has 13 heteroatoms. The minimum atomic E-state index is -0.382. The van der Waals surface area contributed by atoms with E-state index in [1.807, 2.05) is 81.4 Å². The quantitative estimate of drug-likeness (QED) is 0.122. The number of benzene rings is 7. The van der Waals surface area contributed by atoms with Gasteiger partial charge in [0, 0.05) is 28.5 Å². The van der Waals surface area contributed by atoms with E-state index >= 15 is 0 Å². The Morgan fingerprint density at radius 2 is 0.859 bits per heavy atom. The molecule has 9 aromatic rings. The number of nitrogens with zero attached hydrogens (tertiary/aromatic N) is 2. The molecule has 0 atom stereocenters. The predicted molar refractivity (Wildman–Crippen MR) is 244 cm³/mol. The Balaban J connectivity index is 0.964. The molecule has 64 heavy (non-hydrogen) atoms. The predicted octanol–water partition coefficient (Wildman–Crippen LogP) is 6.71. The van der Waals surface area contributed by atoms with Gasteiger partial charge in [-0.2, -0.15) is 5.26 Å². The first kappa shape index (κ1) is 34.2. The molecule has 0 bridgehead atoms. The number of aryl methyl sites for hydroxylation is 3. The standard InChI is InChI=1S/C51H25B3N2O8/c1-22-9-39-45-40(10-22)58-36-20-38-32(54-47-42(60-38)12-24(3)14-44(47)62-49-28-16-26(56-4)6-8-34(28)64-51(49)54)18-30(36)52(45)29-17-31-37(19-35(29)57-39)59-41-11-23(2)13-43-46(41)53(31)50-48(61-43)27-15-25(21-55)5-7-33(27)63-50/h5-20H,1-3H3. The summed E-state index contributed by atoms with van der Waals surface area (Å²) in [6, 6.07) is 33.8. The zero-order valence-electron chi connectivity index (χ0n) is 34.1. The summed E-state index contributed by atoms with van der Waals surface area (Å²) in [6.07, 6.45) is 0. The smallest absolute Gasteiger partial charge is 0.305 e. The minimum Gasteiger partial charge on any atom is -0.466 e. The van der Waals surface area contributed by atoms with Crippen molar-refractivity contribution in [3.63, 3.8) is 0 Å². The van der Waals surface area contributed by atoms with Gasteiger partial charge >= 0.3 is 13.4 Å². The number of furan rings is 2. The molecule has 6 aliphatic rings. The second-order valence-corrected chi connectivity index (χ2v) is 17.5. The molecule has 10 nitrogen and oxygen atoms in total. The summed E-state index contributed by atoms with van der Waals surface area (Å²) in [6.45, 7) is 12.7. The topological polar surface area (TPSA) is 110 Å². The fourth-order valence-corrected chi connectivity index (χ4v) is 10.9. The van der Waals surface area contributed by atoms with Crippen molar-refractivity contribution >= 4 is 97.3 Å². The van der Waals surface area contributed by atoms with Crippen LogP contribution in [0.3, 0.4) is 0 Å². The number of ether oxygens (including phenoxy) is 6. The van der Waals surface area contributed by atoms with Crippen LogP contribution in [0.25, 0.3) is 26.8 Å². The molecule has 0 saturated carbocycles. The van der Waals surface area contributed by atoms with Crippen molar-refractivity contribution in [1.29, 1.82) is 5.26 Å². The molecular formula is C51H25B3N2O8. The highest BCUT2D eigenvalue weighted by Gasteiger charge is 2.50. The molecule has 15 rings (SSSR count). The molecule has 8 heterocycles. The number of hydrogen-bond donors (Lipinski definition) is 0. The largest absolute Gasteiger partial charge is 0.466 e. The van der Waals surface area contributed by atoms with Crippen molar-refractivity contribution < 1.29 is 37.3 Å². The summed E-state index contributed by atoms with van der Waals surface area (Å²) in [5.41, 5.74) is 12.9. The van der Waals surface area contributed by atoms with E-state index in [2.05, 4.69) is 35.2 Å². The van der Waals surface area contributed by atoms with Crippen LogP contribution in [0.2, 0.25) is 0 Å². The molecule has 6 aliphatic heterocycles. The molecular weight excluding hydrogens is 801 g/mol. The van der Waals surface area contributed by atoms with Gasteiger partial charge in [-0.05, 0) is 126 Å². The van der Waals surface area contributed by atoms with E-state index in [1.165, 1.54) is 0 Å². The zero-order valence-corrected chi connectivity index (χ0v) is 34.1. The average molecular weight is 826 g/mol. The maximum atomic E-state index is 9.82. The molecule has 0 unspecified atom stereocenters. The summed E-state index contributed by atoms with van der Waals surface area (Å²) in [7, 11) is 0. The molecule has 0 fully saturated rings. The first-order valence-electron chi connectivity index (χ1n) is 21.0. The van der Waals surface area contributed by atoms with Crippen molar-refractivity contribution in [3.05, 3.63) is 131 Å². The van der Waals surface area contributed by atoms with E-state index < -0.39 is 0 Å². The van der Waals surface area contributed by atoms with Gasteiger partial charge in [0.25, 0.3) is 6.71 Å². The first-order chi connectivity index (χ1) is 31.3. The van der Waals surface area contributed by atoms with Gasteiger partial charge in [0.05, 0.1) is 29.0 Å². The van der Waals surface area contributed by atoms with Crippen LogP contribution in [-0.2, 0) is 0 Å². The summed E-state index contributed by atoms with van der Waals surface area (Å²) >= 11 is 0.